The number of fused-ring (bicyclic) bond motifs is 1. The van der Waals surface area contributed by atoms with Gasteiger partial charge in [0.2, 0.25) is 10.0 Å². The zero-order valence-corrected chi connectivity index (χ0v) is 11.8. The second kappa shape index (κ2) is 5.64. The number of benzene rings is 1. The van der Waals surface area contributed by atoms with Gasteiger partial charge >= 0.3 is 0 Å². The Morgan fingerprint density at radius 2 is 1.95 bits per heavy atom. The van der Waals surface area contributed by atoms with Gasteiger partial charge in [-0.15, -0.1) is 0 Å². The molecule has 1 heterocycles. The van der Waals surface area contributed by atoms with E-state index >= 15 is 0 Å². The molecule has 0 saturated carbocycles. The molecule has 2 rings (SSSR count). The molecule has 19 heavy (non-hydrogen) atoms. The smallest absolute Gasteiger partial charge is 0.242 e. The molecule has 0 unspecified atom stereocenters. The average Bonchev–Trinajstić information content (AvgIpc) is 2.37. The molecular weight excluding hydrogens is 262 g/mol. The third-order valence-electron chi connectivity index (χ3n) is 2.74. The molecule has 1 aromatic heterocycles. The molecule has 6 heteroatoms. The van der Waals surface area contributed by atoms with Crippen LogP contribution in [0.15, 0.2) is 41.4 Å². The van der Waals surface area contributed by atoms with Gasteiger partial charge in [-0.25, -0.2) is 13.1 Å². The van der Waals surface area contributed by atoms with Crippen LogP contribution >= 0.6 is 0 Å². The zero-order valence-electron chi connectivity index (χ0n) is 11.0. The summed E-state index contributed by atoms with van der Waals surface area (Å²) in [6.07, 6.45) is 1.60. The first-order chi connectivity index (χ1) is 9.00. The predicted molar refractivity (Wildman–Crippen MR) is 75.5 cm³/mol. The maximum absolute atomic E-state index is 12.3. The lowest BCUT2D eigenvalue weighted by molar-refractivity contribution is 0.412. The molecule has 0 fully saturated rings. The quantitative estimate of drug-likeness (QED) is 0.889. The van der Waals surface area contributed by atoms with Crippen LogP contribution in [-0.4, -0.2) is 45.5 Å². The maximum atomic E-state index is 12.3. The molecule has 0 aliphatic rings. The highest BCUT2D eigenvalue weighted by molar-refractivity contribution is 7.89. The largest absolute Gasteiger partial charge is 0.308 e. The lowest BCUT2D eigenvalue weighted by Gasteiger charge is -2.11. The van der Waals surface area contributed by atoms with Crippen molar-refractivity contribution in [1.82, 2.24) is 14.6 Å². The molecule has 1 aromatic carbocycles. The van der Waals surface area contributed by atoms with Crippen LogP contribution < -0.4 is 4.72 Å². The molecule has 5 nitrogen and oxygen atoms in total. The summed E-state index contributed by atoms with van der Waals surface area (Å²) in [5, 5.41) is 0.818. The molecule has 2 aromatic rings. The Bertz CT molecular complexity index is 663. The second-order valence-electron chi connectivity index (χ2n) is 4.53. The third kappa shape index (κ3) is 3.28. The topological polar surface area (TPSA) is 62.3 Å². The molecule has 0 saturated heterocycles. The van der Waals surface area contributed by atoms with Gasteiger partial charge in [0.25, 0.3) is 0 Å². The normalized spacial score (nSPS) is 12.2. The molecule has 0 aliphatic carbocycles. The summed E-state index contributed by atoms with van der Waals surface area (Å²) in [4.78, 5) is 6.31. The van der Waals surface area contributed by atoms with Crippen LogP contribution in [0.1, 0.15) is 0 Å². The number of likely N-dealkylation sites (N-methyl/N-ethyl adjacent to an activating group) is 1. The number of nitrogens with one attached hydrogen (secondary N) is 1. The number of rotatable bonds is 5. The number of nitrogens with zero attached hydrogens (tertiary/aromatic N) is 2. The van der Waals surface area contributed by atoms with Crippen molar-refractivity contribution in [3.05, 3.63) is 36.5 Å². The number of hydrogen-bond donors (Lipinski definition) is 1. The molecule has 0 bridgehead atoms. The Morgan fingerprint density at radius 3 is 2.68 bits per heavy atom. The van der Waals surface area contributed by atoms with Gasteiger partial charge in [0.15, 0.2) is 0 Å². The molecule has 0 amide bonds. The van der Waals surface area contributed by atoms with Gasteiger partial charge in [-0.3, -0.25) is 4.98 Å². The van der Waals surface area contributed by atoms with Gasteiger partial charge in [0.1, 0.15) is 4.90 Å². The van der Waals surface area contributed by atoms with Crippen LogP contribution in [0.3, 0.4) is 0 Å². The van der Waals surface area contributed by atoms with Gasteiger partial charge in [-0.05, 0) is 26.2 Å². The van der Waals surface area contributed by atoms with Crippen LogP contribution in [0.4, 0.5) is 0 Å². The van der Waals surface area contributed by atoms with E-state index in [0.717, 1.165) is 5.39 Å². The monoisotopic (exact) mass is 279 g/mol. The molecule has 0 radical (unpaired) electrons. The van der Waals surface area contributed by atoms with Crippen molar-refractivity contribution in [2.75, 3.05) is 27.2 Å². The standard InChI is InChI=1S/C13H17N3O2S/c1-16(2)10-9-15-19(17,18)12-7-3-5-11-6-4-8-14-13(11)12/h3-8,15H,9-10H2,1-2H3. The molecule has 0 spiro atoms. The lowest BCUT2D eigenvalue weighted by Crippen LogP contribution is -2.31. The summed E-state index contributed by atoms with van der Waals surface area (Å²) in [6.45, 7) is 1.02. The molecule has 0 aliphatic heterocycles. The van der Waals surface area contributed by atoms with E-state index in [1.54, 1.807) is 24.4 Å². The van der Waals surface area contributed by atoms with Gasteiger partial charge < -0.3 is 4.90 Å². The Kier molecular flexibility index (Phi) is 4.14. The average molecular weight is 279 g/mol. The molecule has 0 atom stereocenters. The van der Waals surface area contributed by atoms with Crippen molar-refractivity contribution in [3.63, 3.8) is 0 Å². The van der Waals surface area contributed by atoms with E-state index in [9.17, 15) is 8.42 Å². The third-order valence-corrected chi connectivity index (χ3v) is 4.23. The Labute approximate surface area is 113 Å². The summed E-state index contributed by atoms with van der Waals surface area (Å²) in [5.74, 6) is 0. The van der Waals surface area contributed by atoms with Gasteiger partial charge in [0.05, 0.1) is 5.52 Å². The summed E-state index contributed by atoms with van der Waals surface area (Å²) in [5.41, 5.74) is 0.502. The summed E-state index contributed by atoms with van der Waals surface area (Å²) in [7, 11) is 0.271. The summed E-state index contributed by atoms with van der Waals surface area (Å²) in [6, 6.07) is 8.79. The fourth-order valence-corrected chi connectivity index (χ4v) is 2.97. The fraction of sp³-hybridized carbons (Fsp3) is 0.308. The van der Waals surface area contributed by atoms with E-state index in [1.165, 1.54) is 0 Å². The minimum Gasteiger partial charge on any atom is -0.308 e. The Balaban J connectivity index is 2.33. The highest BCUT2D eigenvalue weighted by atomic mass is 32.2. The summed E-state index contributed by atoms with van der Waals surface area (Å²) >= 11 is 0. The predicted octanol–water partition coefficient (Wildman–Crippen LogP) is 1.07. The van der Waals surface area contributed by atoms with Gasteiger partial charge in [-0.1, -0.05) is 18.2 Å². The number of aromatic nitrogens is 1. The summed E-state index contributed by atoms with van der Waals surface area (Å²) < 4.78 is 27.1. The first-order valence-electron chi connectivity index (χ1n) is 5.99. The Hall–Kier alpha value is -1.50. The van der Waals surface area contributed by atoms with Gasteiger partial charge in [-0.2, -0.15) is 0 Å². The molecule has 102 valence electrons. The first kappa shape index (κ1) is 13.9. The van der Waals surface area contributed by atoms with E-state index in [1.807, 2.05) is 31.1 Å². The highest BCUT2D eigenvalue weighted by Gasteiger charge is 2.17. The van der Waals surface area contributed by atoms with E-state index in [2.05, 4.69) is 9.71 Å². The van der Waals surface area contributed by atoms with Gasteiger partial charge in [0, 0.05) is 24.7 Å². The second-order valence-corrected chi connectivity index (χ2v) is 6.27. The number of pyridine rings is 1. The van der Waals surface area contributed by atoms with Crippen LogP contribution in [0, 0.1) is 0 Å². The first-order valence-corrected chi connectivity index (χ1v) is 7.47. The van der Waals surface area contributed by atoms with Crippen molar-refractivity contribution in [2.24, 2.45) is 0 Å². The van der Waals surface area contributed by atoms with Crippen molar-refractivity contribution < 1.29 is 8.42 Å². The van der Waals surface area contributed by atoms with Crippen molar-refractivity contribution >= 4 is 20.9 Å². The van der Waals surface area contributed by atoms with Crippen molar-refractivity contribution in [3.8, 4) is 0 Å². The van der Waals surface area contributed by atoms with Crippen LogP contribution in [0.2, 0.25) is 0 Å². The fourth-order valence-electron chi connectivity index (χ4n) is 1.77. The number of sulfonamides is 1. The van der Waals surface area contributed by atoms with E-state index < -0.39 is 10.0 Å². The van der Waals surface area contributed by atoms with E-state index in [-0.39, 0.29) is 4.90 Å². The minimum absolute atomic E-state index is 0.226. The number of hydrogen-bond acceptors (Lipinski definition) is 4. The molecular formula is C13H17N3O2S. The zero-order chi connectivity index (χ0) is 13.9. The maximum Gasteiger partial charge on any atom is 0.242 e. The molecule has 1 N–H and O–H groups in total. The van der Waals surface area contributed by atoms with Crippen LogP contribution in [0.5, 0.6) is 0 Å². The van der Waals surface area contributed by atoms with E-state index in [0.29, 0.717) is 18.6 Å². The van der Waals surface area contributed by atoms with Crippen LogP contribution in [-0.2, 0) is 10.0 Å². The van der Waals surface area contributed by atoms with E-state index in [4.69, 9.17) is 0 Å². The highest BCUT2D eigenvalue weighted by Crippen LogP contribution is 2.20. The lowest BCUT2D eigenvalue weighted by atomic mass is 10.2. The SMILES string of the molecule is CN(C)CCNS(=O)(=O)c1cccc2cccnc12. The van der Waals surface area contributed by atoms with Crippen molar-refractivity contribution in [1.29, 1.82) is 0 Å². The van der Waals surface area contributed by atoms with Crippen LogP contribution in [0.25, 0.3) is 10.9 Å². The Morgan fingerprint density at radius 1 is 1.21 bits per heavy atom. The van der Waals surface area contributed by atoms with Crippen molar-refractivity contribution in [2.45, 2.75) is 4.90 Å². The number of para-hydroxylation sites is 1. The minimum atomic E-state index is -3.52.